The van der Waals surface area contributed by atoms with Crippen LogP contribution in [-0.2, 0) is 24.1 Å². The monoisotopic (exact) mass is 639 g/mol. The predicted molar refractivity (Wildman–Crippen MR) is 171 cm³/mol. The zero-order valence-electron chi connectivity index (χ0n) is 26.0. The van der Waals surface area contributed by atoms with Crippen molar-refractivity contribution in [2.45, 2.75) is 72.6 Å². The molecule has 238 valence electrons. The number of carboxylic acids is 1. The second kappa shape index (κ2) is 14.3. The maximum atomic E-state index is 13.7. The molecular formula is C35H37ClF3N3O3. The second-order valence-corrected chi connectivity index (χ2v) is 12.0. The number of rotatable bonds is 12. The van der Waals surface area contributed by atoms with Crippen molar-refractivity contribution < 1.29 is 27.8 Å². The molecule has 1 heterocycles. The molecule has 0 amide bonds. The summed E-state index contributed by atoms with van der Waals surface area (Å²) >= 11 is 6.93. The lowest BCUT2D eigenvalue weighted by Crippen LogP contribution is -2.25. The fraction of sp³-hybridized carbons (Fsp3) is 0.343. The highest BCUT2D eigenvalue weighted by Gasteiger charge is 2.31. The summed E-state index contributed by atoms with van der Waals surface area (Å²) in [5.41, 5.74) is 6.10. The van der Waals surface area contributed by atoms with Gasteiger partial charge in [-0.2, -0.15) is 13.2 Å². The number of aryl methyl sites for hydroxylation is 3. The first kappa shape index (κ1) is 33.8. The van der Waals surface area contributed by atoms with E-state index in [-0.39, 0.29) is 26.1 Å². The van der Waals surface area contributed by atoms with Gasteiger partial charge in [0.1, 0.15) is 0 Å². The van der Waals surface area contributed by atoms with Gasteiger partial charge in [0.15, 0.2) is 5.75 Å². The van der Waals surface area contributed by atoms with E-state index in [1.54, 1.807) is 13.0 Å². The zero-order valence-corrected chi connectivity index (χ0v) is 26.8. The number of hydrogen-bond donors (Lipinski definition) is 1. The van der Waals surface area contributed by atoms with Crippen LogP contribution < -0.4 is 9.64 Å². The zero-order chi connectivity index (χ0) is 32.9. The summed E-state index contributed by atoms with van der Waals surface area (Å²) < 4.78 is 46.8. The van der Waals surface area contributed by atoms with Crippen LogP contribution >= 0.6 is 11.6 Å². The van der Waals surface area contributed by atoms with E-state index in [9.17, 15) is 18.0 Å². The van der Waals surface area contributed by atoms with E-state index in [1.165, 1.54) is 12.4 Å². The molecule has 45 heavy (non-hydrogen) atoms. The van der Waals surface area contributed by atoms with Gasteiger partial charge < -0.3 is 14.7 Å². The first-order chi connectivity index (χ1) is 21.2. The fourth-order valence-corrected chi connectivity index (χ4v) is 5.61. The highest BCUT2D eigenvalue weighted by atomic mass is 35.5. The molecule has 0 spiro atoms. The average molecular weight is 640 g/mol. The molecule has 0 fully saturated rings. The number of carboxylic acid groups (broad SMARTS) is 1. The van der Waals surface area contributed by atoms with Gasteiger partial charge in [0.2, 0.25) is 5.95 Å². The van der Waals surface area contributed by atoms with Crippen molar-refractivity contribution in [1.82, 2.24) is 9.97 Å². The number of halogens is 4. The van der Waals surface area contributed by atoms with E-state index < -0.39 is 17.7 Å². The van der Waals surface area contributed by atoms with Crippen molar-refractivity contribution in [2.24, 2.45) is 0 Å². The van der Waals surface area contributed by atoms with E-state index >= 15 is 0 Å². The van der Waals surface area contributed by atoms with Gasteiger partial charge in [-0.3, -0.25) is 4.79 Å². The number of anilines is 1. The molecule has 1 aromatic heterocycles. The molecule has 0 atom stereocenters. The molecule has 0 saturated heterocycles. The standard InChI is InChI=1S/C35H37ClF3N3O3/c1-21(2)26-9-8-24(5)30(16-26)33-27(12-23(4)14-31(33)36)20-42(19-25-11-22(3)13-28(15-25)35(37,38)39)34-40-17-29(18-41-34)45-10-6-7-32(43)44/h8-9,11-18,21H,6-7,10,19-20H2,1-5H3,(H,43,44). The highest BCUT2D eigenvalue weighted by Crippen LogP contribution is 2.38. The Morgan fingerprint density at radius 2 is 1.67 bits per heavy atom. The second-order valence-electron chi connectivity index (χ2n) is 11.6. The minimum absolute atomic E-state index is 0.0237. The molecule has 0 saturated carbocycles. The minimum atomic E-state index is -4.49. The quantitative estimate of drug-likeness (QED) is 0.156. The van der Waals surface area contributed by atoms with Gasteiger partial charge in [0.25, 0.3) is 0 Å². The number of carbonyl (C=O) groups is 1. The maximum Gasteiger partial charge on any atom is 0.416 e. The van der Waals surface area contributed by atoms with Gasteiger partial charge in [-0.25, -0.2) is 9.97 Å². The van der Waals surface area contributed by atoms with Crippen LogP contribution in [0.5, 0.6) is 5.75 Å². The van der Waals surface area contributed by atoms with Gasteiger partial charge >= 0.3 is 12.1 Å². The van der Waals surface area contributed by atoms with Crippen LogP contribution in [0.2, 0.25) is 5.02 Å². The Bertz CT molecular complexity index is 1660. The van der Waals surface area contributed by atoms with E-state index in [1.807, 2.05) is 30.9 Å². The third-order valence-corrected chi connectivity index (χ3v) is 7.71. The summed E-state index contributed by atoms with van der Waals surface area (Å²) in [4.78, 5) is 21.6. The van der Waals surface area contributed by atoms with Gasteiger partial charge in [-0.05, 0) is 84.7 Å². The molecule has 1 N–H and O–H groups in total. The van der Waals surface area contributed by atoms with Crippen molar-refractivity contribution in [3.63, 3.8) is 0 Å². The van der Waals surface area contributed by atoms with Crippen molar-refractivity contribution >= 4 is 23.5 Å². The molecule has 0 bridgehead atoms. The maximum absolute atomic E-state index is 13.7. The summed E-state index contributed by atoms with van der Waals surface area (Å²) in [6.45, 7) is 10.4. The first-order valence-corrected chi connectivity index (χ1v) is 15.1. The lowest BCUT2D eigenvalue weighted by molar-refractivity contribution is -0.138. The fourth-order valence-electron chi connectivity index (χ4n) is 5.21. The number of hydrogen-bond acceptors (Lipinski definition) is 5. The topological polar surface area (TPSA) is 75.6 Å². The van der Waals surface area contributed by atoms with Crippen LogP contribution in [0.25, 0.3) is 11.1 Å². The van der Waals surface area contributed by atoms with Crippen LogP contribution in [0.4, 0.5) is 19.1 Å². The Labute approximate surface area is 266 Å². The van der Waals surface area contributed by atoms with Gasteiger partial charge in [-0.15, -0.1) is 0 Å². The van der Waals surface area contributed by atoms with Crippen molar-refractivity contribution in [1.29, 1.82) is 0 Å². The Morgan fingerprint density at radius 1 is 0.978 bits per heavy atom. The third kappa shape index (κ3) is 8.97. The summed E-state index contributed by atoms with van der Waals surface area (Å²) in [5, 5.41) is 9.43. The van der Waals surface area contributed by atoms with Crippen LogP contribution in [-0.4, -0.2) is 27.7 Å². The Balaban J connectivity index is 1.77. The van der Waals surface area contributed by atoms with Crippen LogP contribution in [0.1, 0.15) is 71.6 Å². The number of nitrogens with zero attached hydrogens (tertiary/aromatic N) is 3. The van der Waals surface area contributed by atoms with Gasteiger partial charge in [0.05, 0.1) is 24.6 Å². The molecule has 0 radical (unpaired) electrons. The van der Waals surface area contributed by atoms with Crippen LogP contribution in [0, 0.1) is 20.8 Å². The molecule has 10 heteroatoms. The molecule has 3 aromatic carbocycles. The molecule has 4 rings (SSSR count). The normalized spacial score (nSPS) is 11.6. The van der Waals surface area contributed by atoms with E-state index in [0.717, 1.165) is 45.5 Å². The predicted octanol–water partition coefficient (Wildman–Crippen LogP) is 9.31. The van der Waals surface area contributed by atoms with Crippen molar-refractivity contribution in [3.8, 4) is 16.9 Å². The van der Waals surface area contributed by atoms with Crippen molar-refractivity contribution in [2.75, 3.05) is 11.5 Å². The van der Waals surface area contributed by atoms with E-state index in [2.05, 4.69) is 42.0 Å². The minimum Gasteiger partial charge on any atom is -0.490 e. The van der Waals surface area contributed by atoms with Gasteiger partial charge in [-0.1, -0.05) is 61.3 Å². The molecule has 6 nitrogen and oxygen atoms in total. The summed E-state index contributed by atoms with van der Waals surface area (Å²) in [6.07, 6.45) is -1.23. The SMILES string of the molecule is Cc1cc(CN(Cc2cc(C)cc(Cl)c2-c2cc(C(C)C)ccc2C)c2ncc(OCCCC(=O)O)cn2)cc(C(F)(F)F)c1. The van der Waals surface area contributed by atoms with E-state index in [0.29, 0.717) is 40.2 Å². The van der Waals surface area contributed by atoms with Crippen LogP contribution in [0.3, 0.4) is 0 Å². The lowest BCUT2D eigenvalue weighted by atomic mass is 9.90. The number of aliphatic carboxylic acids is 1. The Kier molecular flexibility index (Phi) is 10.8. The number of ether oxygens (including phenoxy) is 1. The smallest absolute Gasteiger partial charge is 0.416 e. The van der Waals surface area contributed by atoms with Gasteiger partial charge in [0, 0.05) is 30.1 Å². The highest BCUT2D eigenvalue weighted by molar-refractivity contribution is 6.33. The first-order valence-electron chi connectivity index (χ1n) is 14.7. The molecule has 0 aliphatic carbocycles. The average Bonchev–Trinajstić information content (AvgIpc) is 2.95. The molecule has 4 aromatic rings. The van der Waals surface area contributed by atoms with E-state index in [4.69, 9.17) is 21.4 Å². The molecular weight excluding hydrogens is 603 g/mol. The largest absolute Gasteiger partial charge is 0.490 e. The van der Waals surface area contributed by atoms with Crippen molar-refractivity contribution in [3.05, 3.63) is 105 Å². The van der Waals surface area contributed by atoms with Crippen LogP contribution in [0.15, 0.2) is 60.9 Å². The Morgan fingerprint density at radius 3 is 2.31 bits per heavy atom. The lowest BCUT2D eigenvalue weighted by Gasteiger charge is -2.26. The molecule has 0 unspecified atom stereocenters. The number of benzene rings is 3. The third-order valence-electron chi connectivity index (χ3n) is 7.41. The number of alkyl halides is 3. The molecule has 0 aliphatic heterocycles. The molecule has 0 aliphatic rings. The Hall–Kier alpha value is -4.11. The number of aromatic nitrogens is 2. The summed E-state index contributed by atoms with van der Waals surface area (Å²) in [5.74, 6) is 0.0435. The summed E-state index contributed by atoms with van der Waals surface area (Å²) in [7, 11) is 0. The summed E-state index contributed by atoms with van der Waals surface area (Å²) in [6, 6.07) is 14.3.